The zero-order valence-electron chi connectivity index (χ0n) is 22.4. The largest absolute Gasteiger partial charge is 0.310 e. The SMILES string of the molecule is Cc1cc2ccccc2c2ccccc12.Cc1ccc(N(c2ccccc2)c2ccc3ccccc3c2)cc1. The van der Waals surface area contributed by atoms with Crippen LogP contribution in [0.3, 0.4) is 0 Å². The van der Waals surface area contributed by atoms with Crippen molar-refractivity contribution in [2.45, 2.75) is 13.8 Å². The van der Waals surface area contributed by atoms with E-state index in [-0.39, 0.29) is 0 Å². The Balaban J connectivity index is 0.000000158. The molecule has 0 amide bonds. The van der Waals surface area contributed by atoms with Gasteiger partial charge in [-0.25, -0.2) is 0 Å². The molecular formula is C38H31N. The first-order chi connectivity index (χ1) is 19.2. The van der Waals surface area contributed by atoms with Gasteiger partial charge in [-0.05, 0) is 88.1 Å². The molecule has 0 radical (unpaired) electrons. The predicted molar refractivity (Wildman–Crippen MR) is 170 cm³/mol. The summed E-state index contributed by atoms with van der Waals surface area (Å²) in [6.45, 7) is 4.29. The highest BCUT2D eigenvalue weighted by Crippen LogP contribution is 2.36. The minimum atomic E-state index is 1.16. The summed E-state index contributed by atoms with van der Waals surface area (Å²) in [7, 11) is 0. The predicted octanol–water partition coefficient (Wildman–Crippen LogP) is 10.9. The van der Waals surface area contributed by atoms with Gasteiger partial charge in [0.1, 0.15) is 0 Å². The molecule has 7 rings (SSSR count). The minimum absolute atomic E-state index is 1.16. The van der Waals surface area contributed by atoms with Crippen molar-refractivity contribution in [3.8, 4) is 0 Å². The molecule has 0 unspecified atom stereocenters. The molecule has 0 aliphatic rings. The van der Waals surface area contributed by atoms with Crippen molar-refractivity contribution in [2.24, 2.45) is 0 Å². The third-order valence-corrected chi connectivity index (χ3v) is 7.27. The summed E-state index contributed by atoms with van der Waals surface area (Å²) in [5.74, 6) is 0. The van der Waals surface area contributed by atoms with Crippen LogP contribution in [0.4, 0.5) is 17.1 Å². The summed E-state index contributed by atoms with van der Waals surface area (Å²) in [6.07, 6.45) is 0. The Bertz CT molecular complexity index is 1870. The minimum Gasteiger partial charge on any atom is -0.310 e. The average Bonchev–Trinajstić information content (AvgIpc) is 2.99. The lowest BCUT2D eigenvalue weighted by Crippen LogP contribution is -2.09. The van der Waals surface area contributed by atoms with Crippen molar-refractivity contribution in [3.63, 3.8) is 0 Å². The van der Waals surface area contributed by atoms with Gasteiger partial charge in [-0.15, -0.1) is 0 Å². The van der Waals surface area contributed by atoms with Gasteiger partial charge in [-0.1, -0.05) is 121 Å². The molecule has 0 saturated heterocycles. The van der Waals surface area contributed by atoms with Gasteiger partial charge < -0.3 is 4.90 Å². The fraction of sp³-hybridized carbons (Fsp3) is 0.0526. The molecule has 0 atom stereocenters. The Kier molecular flexibility index (Phi) is 6.80. The topological polar surface area (TPSA) is 3.24 Å². The molecule has 0 aliphatic carbocycles. The molecule has 0 aliphatic heterocycles. The number of anilines is 3. The number of fused-ring (bicyclic) bond motifs is 4. The third kappa shape index (κ3) is 5.12. The number of aryl methyl sites for hydroxylation is 2. The van der Waals surface area contributed by atoms with Crippen molar-refractivity contribution in [2.75, 3.05) is 4.90 Å². The summed E-state index contributed by atoms with van der Waals surface area (Å²) in [5, 5.41) is 7.90. The summed E-state index contributed by atoms with van der Waals surface area (Å²) in [5.41, 5.74) is 6.12. The lowest BCUT2D eigenvalue weighted by Gasteiger charge is -2.25. The van der Waals surface area contributed by atoms with E-state index < -0.39 is 0 Å². The van der Waals surface area contributed by atoms with Gasteiger partial charge in [0.15, 0.2) is 0 Å². The molecule has 0 bridgehead atoms. The first kappa shape index (κ1) is 24.5. The highest BCUT2D eigenvalue weighted by molar-refractivity contribution is 6.08. The summed E-state index contributed by atoms with van der Waals surface area (Å²) in [6, 6.07) is 53.7. The summed E-state index contributed by atoms with van der Waals surface area (Å²) >= 11 is 0. The van der Waals surface area contributed by atoms with Gasteiger partial charge in [0, 0.05) is 17.1 Å². The molecule has 0 aromatic heterocycles. The standard InChI is InChI=1S/C23H19N.C15H12/c1-18-11-14-22(15-12-18)24(21-9-3-2-4-10-21)23-16-13-19-7-5-6-8-20(19)17-23;1-11-10-12-6-2-3-8-14(12)15-9-5-4-7-13(11)15/h2-17H,1H3;2-10H,1H3. The van der Waals surface area contributed by atoms with Crippen LogP contribution < -0.4 is 4.90 Å². The molecule has 1 heteroatoms. The Hall–Kier alpha value is -4.88. The van der Waals surface area contributed by atoms with Gasteiger partial charge >= 0.3 is 0 Å². The van der Waals surface area contributed by atoms with E-state index in [9.17, 15) is 0 Å². The van der Waals surface area contributed by atoms with Gasteiger partial charge in [0.2, 0.25) is 0 Å². The quantitative estimate of drug-likeness (QED) is 0.218. The highest BCUT2D eigenvalue weighted by Gasteiger charge is 2.12. The van der Waals surface area contributed by atoms with Crippen molar-refractivity contribution >= 4 is 49.4 Å². The second-order valence-corrected chi connectivity index (χ2v) is 10.00. The first-order valence-electron chi connectivity index (χ1n) is 13.5. The Morgan fingerprint density at radius 1 is 0.359 bits per heavy atom. The highest BCUT2D eigenvalue weighted by atomic mass is 15.1. The molecular weight excluding hydrogens is 470 g/mol. The van der Waals surface area contributed by atoms with Crippen LogP contribution in [0.1, 0.15) is 11.1 Å². The molecule has 0 fully saturated rings. The molecule has 7 aromatic carbocycles. The lowest BCUT2D eigenvalue weighted by atomic mass is 9.98. The summed E-state index contributed by atoms with van der Waals surface area (Å²) in [4.78, 5) is 2.30. The van der Waals surface area contributed by atoms with Crippen molar-refractivity contribution in [1.82, 2.24) is 0 Å². The Morgan fingerprint density at radius 3 is 1.64 bits per heavy atom. The number of benzene rings is 7. The normalized spacial score (nSPS) is 10.8. The van der Waals surface area contributed by atoms with Crippen LogP contribution in [0.15, 0.2) is 152 Å². The number of rotatable bonds is 3. The molecule has 39 heavy (non-hydrogen) atoms. The molecule has 188 valence electrons. The molecule has 7 aromatic rings. The molecule has 0 spiro atoms. The zero-order chi connectivity index (χ0) is 26.6. The first-order valence-corrected chi connectivity index (χ1v) is 13.5. The second-order valence-electron chi connectivity index (χ2n) is 10.00. The second kappa shape index (κ2) is 10.8. The smallest absolute Gasteiger partial charge is 0.0468 e. The van der Waals surface area contributed by atoms with E-state index in [4.69, 9.17) is 0 Å². The van der Waals surface area contributed by atoms with Gasteiger partial charge in [0.05, 0.1) is 0 Å². The van der Waals surface area contributed by atoms with Crippen LogP contribution in [0, 0.1) is 13.8 Å². The maximum atomic E-state index is 2.30. The fourth-order valence-electron chi connectivity index (χ4n) is 5.27. The van der Waals surface area contributed by atoms with Crippen molar-refractivity contribution in [1.29, 1.82) is 0 Å². The molecule has 0 heterocycles. The van der Waals surface area contributed by atoms with Gasteiger partial charge in [-0.2, -0.15) is 0 Å². The van der Waals surface area contributed by atoms with E-state index in [1.165, 1.54) is 54.8 Å². The molecule has 0 saturated carbocycles. The van der Waals surface area contributed by atoms with Crippen LogP contribution in [-0.4, -0.2) is 0 Å². The fourth-order valence-corrected chi connectivity index (χ4v) is 5.27. The Labute approximate surface area is 230 Å². The Morgan fingerprint density at radius 2 is 0.897 bits per heavy atom. The molecule has 0 N–H and O–H groups in total. The van der Waals surface area contributed by atoms with Crippen LogP contribution in [-0.2, 0) is 0 Å². The maximum Gasteiger partial charge on any atom is 0.0468 e. The number of nitrogens with zero attached hydrogens (tertiary/aromatic N) is 1. The number of hydrogen-bond donors (Lipinski definition) is 0. The zero-order valence-corrected chi connectivity index (χ0v) is 22.4. The third-order valence-electron chi connectivity index (χ3n) is 7.27. The van der Waals surface area contributed by atoms with Crippen molar-refractivity contribution in [3.05, 3.63) is 163 Å². The summed E-state index contributed by atoms with van der Waals surface area (Å²) < 4.78 is 0. The monoisotopic (exact) mass is 501 g/mol. The lowest BCUT2D eigenvalue weighted by molar-refractivity contribution is 1.28. The van der Waals surface area contributed by atoms with E-state index in [0.717, 1.165) is 5.69 Å². The van der Waals surface area contributed by atoms with E-state index in [0.29, 0.717) is 0 Å². The van der Waals surface area contributed by atoms with Crippen LogP contribution in [0.25, 0.3) is 32.3 Å². The molecule has 1 nitrogen and oxygen atoms in total. The average molecular weight is 502 g/mol. The van der Waals surface area contributed by atoms with Gasteiger partial charge in [0.25, 0.3) is 0 Å². The van der Waals surface area contributed by atoms with Crippen molar-refractivity contribution < 1.29 is 0 Å². The van der Waals surface area contributed by atoms with Crippen LogP contribution in [0.2, 0.25) is 0 Å². The van der Waals surface area contributed by atoms with Gasteiger partial charge in [-0.3, -0.25) is 0 Å². The van der Waals surface area contributed by atoms with E-state index in [1.54, 1.807) is 0 Å². The van der Waals surface area contributed by atoms with E-state index >= 15 is 0 Å². The number of hydrogen-bond acceptors (Lipinski definition) is 1. The van der Waals surface area contributed by atoms with Crippen LogP contribution >= 0.6 is 0 Å². The maximum absolute atomic E-state index is 2.30. The number of para-hydroxylation sites is 1. The van der Waals surface area contributed by atoms with Crippen LogP contribution in [0.5, 0.6) is 0 Å². The van der Waals surface area contributed by atoms with E-state index in [1.807, 2.05) is 0 Å². The van der Waals surface area contributed by atoms with E-state index in [2.05, 4.69) is 170 Å².